The van der Waals surface area contributed by atoms with Gasteiger partial charge in [0.05, 0.1) is 21.2 Å². The molecule has 0 N–H and O–H groups in total. The highest BCUT2D eigenvalue weighted by atomic mass is 35.5. The molecule has 0 fully saturated rings. The van der Waals surface area contributed by atoms with Crippen molar-refractivity contribution in [2.45, 2.75) is 12.6 Å². The highest BCUT2D eigenvalue weighted by Gasteiger charge is 2.31. The molecule has 0 saturated heterocycles. The van der Waals surface area contributed by atoms with Crippen molar-refractivity contribution < 1.29 is 13.2 Å². The van der Waals surface area contributed by atoms with Gasteiger partial charge in [0, 0.05) is 12.3 Å². The van der Waals surface area contributed by atoms with Gasteiger partial charge in [-0.25, -0.2) is 0 Å². The van der Waals surface area contributed by atoms with Crippen LogP contribution in [0.4, 0.5) is 13.2 Å². The van der Waals surface area contributed by atoms with Gasteiger partial charge in [-0.1, -0.05) is 35.0 Å². The summed E-state index contributed by atoms with van der Waals surface area (Å²) in [7, 11) is 0. The molecule has 0 aliphatic carbocycles. The lowest BCUT2D eigenvalue weighted by atomic mass is 10.1. The van der Waals surface area contributed by atoms with E-state index in [1.54, 1.807) is 0 Å². The predicted octanol–water partition coefficient (Wildman–Crippen LogP) is 4.99. The summed E-state index contributed by atoms with van der Waals surface area (Å²) in [5.74, 6) is 5.59. The molecule has 0 spiro atoms. The van der Waals surface area contributed by atoms with Gasteiger partial charge in [0.1, 0.15) is 0 Å². The van der Waals surface area contributed by atoms with Gasteiger partial charge in [-0.3, -0.25) is 0 Å². The number of hydrogen-bond donors (Lipinski definition) is 0. The van der Waals surface area contributed by atoms with Crippen molar-refractivity contribution in [3.8, 4) is 11.8 Å². The molecule has 1 rings (SSSR count). The summed E-state index contributed by atoms with van der Waals surface area (Å²) in [5.41, 5.74) is -0.707. The fourth-order valence-electron chi connectivity index (χ4n) is 1.05. The Bertz CT molecular complexity index is 446. The molecule has 1 aromatic rings. The summed E-state index contributed by atoms with van der Waals surface area (Å²) in [6.45, 7) is 0. The molecule has 0 saturated carbocycles. The van der Waals surface area contributed by atoms with Crippen LogP contribution in [-0.2, 0) is 6.18 Å². The van der Waals surface area contributed by atoms with Gasteiger partial charge in [-0.05, 0) is 12.1 Å². The first-order valence-electron chi connectivity index (χ1n) is 4.47. The van der Waals surface area contributed by atoms with Crippen LogP contribution in [0.25, 0.3) is 0 Å². The Hall–Kier alpha value is -0.560. The highest BCUT2D eigenvalue weighted by molar-refractivity contribution is 6.36. The quantitative estimate of drug-likeness (QED) is 0.506. The number of benzene rings is 1. The number of alkyl halides is 4. The Morgan fingerprint density at radius 1 is 1.12 bits per heavy atom. The second kappa shape index (κ2) is 5.86. The van der Waals surface area contributed by atoms with E-state index < -0.39 is 11.7 Å². The Kier molecular flexibility index (Phi) is 5.00. The lowest BCUT2D eigenvalue weighted by Gasteiger charge is -2.09. The van der Waals surface area contributed by atoms with Crippen molar-refractivity contribution in [3.05, 3.63) is 33.3 Å². The normalized spacial score (nSPS) is 10.9. The monoisotopic (exact) mass is 300 g/mol. The van der Waals surface area contributed by atoms with Crippen LogP contribution in [0, 0.1) is 11.8 Å². The van der Waals surface area contributed by atoms with Gasteiger partial charge in [-0.15, -0.1) is 11.6 Å². The lowest BCUT2D eigenvalue weighted by Crippen LogP contribution is -2.05. The van der Waals surface area contributed by atoms with Gasteiger partial charge < -0.3 is 0 Å². The van der Waals surface area contributed by atoms with Crippen LogP contribution in [0.5, 0.6) is 0 Å². The van der Waals surface area contributed by atoms with Gasteiger partial charge >= 0.3 is 6.18 Å². The van der Waals surface area contributed by atoms with E-state index in [9.17, 15) is 13.2 Å². The number of halogens is 6. The Balaban J connectivity index is 3.17. The molecule has 0 heterocycles. The first-order chi connectivity index (χ1) is 7.86. The fourth-order valence-corrected chi connectivity index (χ4v) is 1.73. The van der Waals surface area contributed by atoms with Crippen molar-refractivity contribution >= 4 is 34.8 Å². The van der Waals surface area contributed by atoms with Crippen molar-refractivity contribution in [1.29, 1.82) is 0 Å². The van der Waals surface area contributed by atoms with E-state index in [1.165, 1.54) is 0 Å². The molecule has 0 aliphatic rings. The van der Waals surface area contributed by atoms with Crippen LogP contribution in [0.1, 0.15) is 17.5 Å². The van der Waals surface area contributed by atoms with Crippen LogP contribution >= 0.6 is 34.8 Å². The van der Waals surface area contributed by atoms with Crippen LogP contribution in [-0.4, -0.2) is 5.88 Å². The van der Waals surface area contributed by atoms with E-state index in [1.807, 2.05) is 0 Å². The van der Waals surface area contributed by atoms with Crippen molar-refractivity contribution in [2.75, 3.05) is 5.88 Å². The first-order valence-corrected chi connectivity index (χ1v) is 5.76. The standard InChI is InChI=1S/C11H6Cl3F3/c12-4-2-1-3-8-9(13)5-7(6-10(8)14)11(15,16)17/h5-6H,2,4H2. The minimum absolute atomic E-state index is 0.119. The molecule has 0 nitrogen and oxygen atoms in total. The maximum absolute atomic E-state index is 12.4. The van der Waals surface area contributed by atoms with Crippen molar-refractivity contribution in [3.63, 3.8) is 0 Å². The molecule has 1 aromatic carbocycles. The van der Waals surface area contributed by atoms with Crippen LogP contribution in [0.2, 0.25) is 10.0 Å². The average Bonchev–Trinajstić information content (AvgIpc) is 2.20. The summed E-state index contributed by atoms with van der Waals surface area (Å²) in [6.07, 6.45) is -4.06. The summed E-state index contributed by atoms with van der Waals surface area (Å²) >= 11 is 16.8. The van der Waals surface area contributed by atoms with Gasteiger partial charge in [0.2, 0.25) is 0 Å². The van der Waals surface area contributed by atoms with Crippen molar-refractivity contribution in [2.24, 2.45) is 0 Å². The third-order valence-electron chi connectivity index (χ3n) is 1.80. The van der Waals surface area contributed by atoms with Gasteiger partial charge in [0.25, 0.3) is 0 Å². The minimum atomic E-state index is -4.48. The Morgan fingerprint density at radius 2 is 1.65 bits per heavy atom. The molecule has 0 bridgehead atoms. The van der Waals surface area contributed by atoms with Crippen LogP contribution in [0.3, 0.4) is 0 Å². The van der Waals surface area contributed by atoms with Gasteiger partial charge in [-0.2, -0.15) is 13.2 Å². The second-order valence-corrected chi connectivity index (χ2v) is 4.25. The van der Waals surface area contributed by atoms with E-state index in [-0.39, 0.29) is 15.6 Å². The first kappa shape index (κ1) is 14.5. The van der Waals surface area contributed by atoms with E-state index >= 15 is 0 Å². The zero-order valence-corrected chi connectivity index (χ0v) is 10.6. The molecule has 0 radical (unpaired) electrons. The number of rotatable bonds is 1. The largest absolute Gasteiger partial charge is 0.416 e. The maximum Gasteiger partial charge on any atom is 0.416 e. The van der Waals surface area contributed by atoms with Crippen molar-refractivity contribution in [1.82, 2.24) is 0 Å². The zero-order valence-electron chi connectivity index (χ0n) is 8.34. The molecule has 17 heavy (non-hydrogen) atoms. The second-order valence-electron chi connectivity index (χ2n) is 3.05. The highest BCUT2D eigenvalue weighted by Crippen LogP contribution is 2.35. The fraction of sp³-hybridized carbons (Fsp3) is 0.273. The molecule has 0 unspecified atom stereocenters. The number of hydrogen-bond acceptors (Lipinski definition) is 0. The molecule has 0 aromatic heterocycles. The van der Waals surface area contributed by atoms with E-state index in [0.717, 1.165) is 12.1 Å². The van der Waals surface area contributed by atoms with Gasteiger partial charge in [0.15, 0.2) is 0 Å². The zero-order chi connectivity index (χ0) is 13.1. The summed E-state index contributed by atoms with van der Waals surface area (Å²) in [5, 5.41) is -0.237. The molecular weight excluding hydrogens is 295 g/mol. The SMILES string of the molecule is FC(F)(F)c1cc(Cl)c(C#CCCCl)c(Cl)c1. The summed E-state index contributed by atoms with van der Waals surface area (Å²) < 4.78 is 37.2. The third kappa shape index (κ3) is 3.99. The van der Waals surface area contributed by atoms with E-state index in [4.69, 9.17) is 34.8 Å². The predicted molar refractivity (Wildman–Crippen MR) is 63.7 cm³/mol. The maximum atomic E-state index is 12.4. The third-order valence-corrected chi connectivity index (χ3v) is 2.59. The Labute approximate surface area is 112 Å². The Morgan fingerprint density at radius 3 is 2.06 bits per heavy atom. The molecule has 0 aliphatic heterocycles. The molecular formula is C11H6Cl3F3. The summed E-state index contributed by atoms with van der Waals surface area (Å²) in [4.78, 5) is 0. The van der Waals surface area contributed by atoms with E-state index in [2.05, 4.69) is 11.8 Å². The molecule has 0 atom stereocenters. The average molecular weight is 302 g/mol. The smallest absolute Gasteiger partial charge is 0.166 e. The lowest BCUT2D eigenvalue weighted by molar-refractivity contribution is -0.137. The molecule has 92 valence electrons. The summed E-state index contributed by atoms with van der Waals surface area (Å²) in [6, 6.07) is 1.61. The van der Waals surface area contributed by atoms with E-state index in [0.29, 0.717) is 12.3 Å². The minimum Gasteiger partial charge on any atom is -0.166 e. The topological polar surface area (TPSA) is 0 Å². The van der Waals surface area contributed by atoms with Crippen LogP contribution in [0.15, 0.2) is 12.1 Å². The van der Waals surface area contributed by atoms with Crippen LogP contribution < -0.4 is 0 Å². The molecule has 6 heteroatoms. The molecule has 0 amide bonds.